The molecule has 0 saturated carbocycles. The summed E-state index contributed by atoms with van der Waals surface area (Å²) in [7, 11) is 0. The Bertz CT molecular complexity index is 430. The van der Waals surface area contributed by atoms with Crippen molar-refractivity contribution in [3.8, 4) is 0 Å². The number of hydrogen-bond acceptors (Lipinski definition) is 5. The van der Waals surface area contributed by atoms with Gasteiger partial charge in [-0.2, -0.15) is 5.10 Å². The molecule has 0 aliphatic carbocycles. The monoisotopic (exact) mass is 331 g/mol. The van der Waals surface area contributed by atoms with Crippen molar-refractivity contribution in [2.75, 3.05) is 32.9 Å². The van der Waals surface area contributed by atoms with E-state index in [0.29, 0.717) is 17.6 Å². The van der Waals surface area contributed by atoms with E-state index in [1.54, 1.807) is 6.92 Å². The van der Waals surface area contributed by atoms with E-state index in [4.69, 9.17) is 9.47 Å². The van der Waals surface area contributed by atoms with Gasteiger partial charge in [-0.25, -0.2) is 4.79 Å². The van der Waals surface area contributed by atoms with Crippen LogP contribution in [-0.2, 0) is 21.3 Å². The first kappa shape index (κ1) is 14.5. The number of aromatic nitrogens is 2. The largest absolute Gasteiger partial charge is 0.461 e. The highest BCUT2D eigenvalue weighted by Gasteiger charge is 2.21. The van der Waals surface area contributed by atoms with Crippen molar-refractivity contribution in [2.45, 2.75) is 18.8 Å². The molecule has 6 nitrogen and oxygen atoms in total. The van der Waals surface area contributed by atoms with Crippen molar-refractivity contribution in [3.05, 3.63) is 17.0 Å². The molecule has 1 aliphatic heterocycles. The van der Waals surface area contributed by atoms with Crippen LogP contribution in [0.15, 0.2) is 0 Å². The van der Waals surface area contributed by atoms with Crippen LogP contribution < -0.4 is 0 Å². The molecule has 0 radical (unpaired) electrons. The fourth-order valence-corrected chi connectivity index (χ4v) is 2.62. The summed E-state index contributed by atoms with van der Waals surface area (Å²) in [4.78, 5) is 14.0. The Balaban J connectivity index is 2.10. The Labute approximate surface area is 120 Å². The third-order valence-electron chi connectivity index (χ3n) is 3.04. The lowest BCUT2D eigenvalue weighted by molar-refractivity contribution is 0.0335. The van der Waals surface area contributed by atoms with Gasteiger partial charge in [0.1, 0.15) is 5.69 Å². The molecule has 19 heavy (non-hydrogen) atoms. The Morgan fingerprint density at radius 1 is 1.53 bits per heavy atom. The number of rotatable bonds is 5. The Hall–Kier alpha value is -0.920. The van der Waals surface area contributed by atoms with Gasteiger partial charge in [-0.1, -0.05) is 15.9 Å². The molecule has 1 aromatic rings. The molecule has 0 bridgehead atoms. The molecule has 0 aromatic carbocycles. The third-order valence-corrected chi connectivity index (χ3v) is 3.60. The fraction of sp³-hybridized carbons (Fsp3) is 0.667. The molecular weight excluding hydrogens is 314 g/mol. The Morgan fingerprint density at radius 3 is 2.89 bits per heavy atom. The van der Waals surface area contributed by atoms with E-state index in [1.165, 1.54) is 0 Å². The molecule has 0 amide bonds. The van der Waals surface area contributed by atoms with E-state index in [1.807, 2.05) is 0 Å². The van der Waals surface area contributed by atoms with Crippen molar-refractivity contribution in [2.24, 2.45) is 0 Å². The highest BCUT2D eigenvalue weighted by Crippen LogP contribution is 2.18. The highest BCUT2D eigenvalue weighted by molar-refractivity contribution is 9.08. The van der Waals surface area contributed by atoms with Crippen LogP contribution in [0.2, 0.25) is 0 Å². The lowest BCUT2D eigenvalue weighted by atomic mass is 10.2. The summed E-state index contributed by atoms with van der Waals surface area (Å²) in [5, 5.41) is 7.61. The first-order valence-corrected chi connectivity index (χ1v) is 7.47. The highest BCUT2D eigenvalue weighted by atomic mass is 79.9. The zero-order chi connectivity index (χ0) is 13.7. The molecule has 1 aliphatic rings. The number of H-pyrrole nitrogens is 1. The van der Waals surface area contributed by atoms with E-state index in [2.05, 4.69) is 31.0 Å². The molecule has 2 rings (SSSR count). The van der Waals surface area contributed by atoms with Crippen LogP contribution in [0.1, 0.15) is 28.7 Å². The zero-order valence-electron chi connectivity index (χ0n) is 10.9. The second kappa shape index (κ2) is 7.02. The van der Waals surface area contributed by atoms with Gasteiger partial charge in [-0.05, 0) is 6.92 Å². The summed E-state index contributed by atoms with van der Waals surface area (Å²) >= 11 is 3.41. The second-order valence-corrected chi connectivity index (χ2v) is 4.83. The molecule has 1 saturated heterocycles. The molecular formula is C12H18BrN3O3. The number of aromatic amines is 1. The third kappa shape index (κ3) is 3.55. The predicted molar refractivity (Wildman–Crippen MR) is 73.3 cm³/mol. The number of carbonyl (C=O) groups is 1. The van der Waals surface area contributed by atoms with Gasteiger partial charge in [0.15, 0.2) is 0 Å². The molecule has 1 fully saturated rings. The smallest absolute Gasteiger partial charge is 0.356 e. The molecule has 1 N–H and O–H groups in total. The molecule has 0 atom stereocenters. The van der Waals surface area contributed by atoms with Crippen molar-refractivity contribution in [1.82, 2.24) is 15.1 Å². The van der Waals surface area contributed by atoms with Crippen LogP contribution in [0, 0.1) is 0 Å². The average molecular weight is 332 g/mol. The number of halogens is 1. The summed E-state index contributed by atoms with van der Waals surface area (Å²) < 4.78 is 10.3. The number of alkyl halides is 1. The SMILES string of the molecule is CCOC(=O)c1[nH]nc(CN2CCOCC2)c1CBr. The summed E-state index contributed by atoms with van der Waals surface area (Å²) in [5.74, 6) is -0.349. The van der Waals surface area contributed by atoms with Gasteiger partial charge >= 0.3 is 5.97 Å². The lowest BCUT2D eigenvalue weighted by Crippen LogP contribution is -2.36. The minimum absolute atomic E-state index is 0.349. The maximum atomic E-state index is 11.8. The number of nitrogens with one attached hydrogen (secondary N) is 1. The van der Waals surface area contributed by atoms with Crippen molar-refractivity contribution in [3.63, 3.8) is 0 Å². The van der Waals surface area contributed by atoms with Crippen molar-refractivity contribution in [1.29, 1.82) is 0 Å². The van der Waals surface area contributed by atoms with Crippen molar-refractivity contribution < 1.29 is 14.3 Å². The number of hydrogen-bond donors (Lipinski definition) is 1. The van der Waals surface area contributed by atoms with Gasteiger partial charge < -0.3 is 9.47 Å². The van der Waals surface area contributed by atoms with Gasteiger partial charge in [0.25, 0.3) is 0 Å². The minimum Gasteiger partial charge on any atom is -0.461 e. The van der Waals surface area contributed by atoms with E-state index in [-0.39, 0.29) is 5.97 Å². The number of nitrogens with zero attached hydrogens (tertiary/aromatic N) is 2. The first-order valence-electron chi connectivity index (χ1n) is 6.35. The number of ether oxygens (including phenoxy) is 2. The van der Waals surface area contributed by atoms with E-state index >= 15 is 0 Å². The van der Waals surface area contributed by atoms with Gasteiger partial charge in [0.2, 0.25) is 0 Å². The molecule has 0 unspecified atom stereocenters. The van der Waals surface area contributed by atoms with E-state index < -0.39 is 0 Å². The standard InChI is InChI=1S/C12H18BrN3O3/c1-2-19-12(17)11-9(7-13)10(14-15-11)8-16-3-5-18-6-4-16/h2-8H2,1H3,(H,14,15). The van der Waals surface area contributed by atoms with Crippen LogP contribution in [0.5, 0.6) is 0 Å². The summed E-state index contributed by atoms with van der Waals surface area (Å²) in [6.45, 7) is 6.15. The van der Waals surface area contributed by atoms with E-state index in [0.717, 1.165) is 44.1 Å². The molecule has 1 aromatic heterocycles. The first-order chi connectivity index (χ1) is 9.26. The number of morpholine rings is 1. The fourth-order valence-electron chi connectivity index (χ4n) is 2.02. The van der Waals surface area contributed by atoms with Crippen LogP contribution in [0.3, 0.4) is 0 Å². The number of esters is 1. The molecule has 2 heterocycles. The maximum absolute atomic E-state index is 11.8. The van der Waals surface area contributed by atoms with Crippen LogP contribution in [0.4, 0.5) is 0 Å². The Morgan fingerprint density at radius 2 is 2.26 bits per heavy atom. The summed E-state index contributed by atoms with van der Waals surface area (Å²) in [6.07, 6.45) is 0. The zero-order valence-corrected chi connectivity index (χ0v) is 12.5. The maximum Gasteiger partial charge on any atom is 0.356 e. The molecule has 106 valence electrons. The lowest BCUT2D eigenvalue weighted by Gasteiger charge is -2.25. The average Bonchev–Trinajstić information content (AvgIpc) is 2.83. The van der Waals surface area contributed by atoms with Crippen LogP contribution in [-0.4, -0.2) is 54.0 Å². The summed E-state index contributed by atoms with van der Waals surface area (Å²) in [6, 6.07) is 0. The Kier molecular flexibility index (Phi) is 5.35. The van der Waals surface area contributed by atoms with Crippen LogP contribution in [0.25, 0.3) is 0 Å². The minimum atomic E-state index is -0.349. The second-order valence-electron chi connectivity index (χ2n) is 4.27. The summed E-state index contributed by atoms with van der Waals surface area (Å²) in [5.41, 5.74) is 2.22. The van der Waals surface area contributed by atoms with Gasteiger partial charge in [0, 0.05) is 30.5 Å². The van der Waals surface area contributed by atoms with Crippen molar-refractivity contribution >= 4 is 21.9 Å². The van der Waals surface area contributed by atoms with Crippen LogP contribution >= 0.6 is 15.9 Å². The topological polar surface area (TPSA) is 67.5 Å². The predicted octanol–water partition coefficient (Wildman–Crippen LogP) is 1.31. The quantitative estimate of drug-likeness (QED) is 0.651. The molecule has 0 spiro atoms. The van der Waals surface area contributed by atoms with Gasteiger partial charge in [-0.3, -0.25) is 10.00 Å². The van der Waals surface area contributed by atoms with Gasteiger partial charge in [0.05, 0.1) is 25.5 Å². The van der Waals surface area contributed by atoms with E-state index in [9.17, 15) is 4.79 Å². The molecule has 7 heteroatoms. The number of carbonyl (C=O) groups excluding carboxylic acids is 1. The van der Waals surface area contributed by atoms with Gasteiger partial charge in [-0.15, -0.1) is 0 Å². The normalized spacial score (nSPS) is 16.5.